The molecule has 0 aliphatic carbocycles. The Labute approximate surface area is 127 Å². The molecular formula is C18H25NO2. The minimum atomic E-state index is -0.0641. The van der Waals surface area contributed by atoms with Crippen LogP contribution < -0.4 is 5.32 Å². The van der Waals surface area contributed by atoms with E-state index in [1.54, 1.807) is 0 Å². The summed E-state index contributed by atoms with van der Waals surface area (Å²) in [6, 6.07) is 9.68. The van der Waals surface area contributed by atoms with Gasteiger partial charge < -0.3 is 10.1 Å². The molecule has 0 radical (unpaired) electrons. The molecule has 1 aromatic carbocycles. The van der Waals surface area contributed by atoms with Crippen LogP contribution >= 0.6 is 0 Å². The Morgan fingerprint density at radius 1 is 1.24 bits per heavy atom. The summed E-state index contributed by atoms with van der Waals surface area (Å²) in [6.07, 6.45) is 3.31. The van der Waals surface area contributed by atoms with E-state index in [1.165, 1.54) is 24.7 Å². The average Bonchev–Trinajstić information content (AvgIpc) is 2.88. The molecule has 2 aliphatic heterocycles. The van der Waals surface area contributed by atoms with Gasteiger partial charge in [-0.2, -0.15) is 0 Å². The Balaban J connectivity index is 1.89. The highest BCUT2D eigenvalue weighted by atomic mass is 16.5. The van der Waals surface area contributed by atoms with Gasteiger partial charge in [0.1, 0.15) is 0 Å². The predicted octanol–water partition coefficient (Wildman–Crippen LogP) is 3.21. The maximum absolute atomic E-state index is 12.3. The molecule has 2 aliphatic rings. The minimum absolute atomic E-state index is 0.0429. The van der Waals surface area contributed by atoms with Gasteiger partial charge in [-0.3, -0.25) is 4.79 Å². The van der Waals surface area contributed by atoms with Crippen LogP contribution in [0.1, 0.15) is 56.1 Å². The number of carbonyl (C=O) groups excluding carboxylic acids is 1. The molecule has 21 heavy (non-hydrogen) atoms. The Morgan fingerprint density at radius 2 is 1.95 bits per heavy atom. The minimum Gasteiger partial charge on any atom is -0.469 e. The van der Waals surface area contributed by atoms with Crippen LogP contribution in [0.2, 0.25) is 0 Å². The van der Waals surface area contributed by atoms with Crippen molar-refractivity contribution in [3.05, 3.63) is 35.4 Å². The number of hydrogen-bond donors (Lipinski definition) is 1. The highest BCUT2D eigenvalue weighted by Crippen LogP contribution is 2.42. The molecule has 0 unspecified atom stereocenters. The Hall–Kier alpha value is -1.35. The van der Waals surface area contributed by atoms with E-state index in [0.29, 0.717) is 12.0 Å². The van der Waals surface area contributed by atoms with Crippen LogP contribution in [0, 0.1) is 5.92 Å². The van der Waals surface area contributed by atoms with Gasteiger partial charge in [0.05, 0.1) is 13.0 Å². The van der Waals surface area contributed by atoms with E-state index in [-0.39, 0.29) is 23.8 Å². The molecule has 0 aromatic heterocycles. The number of esters is 1. The summed E-state index contributed by atoms with van der Waals surface area (Å²) in [5, 5.41) is 3.58. The molecule has 0 saturated carbocycles. The van der Waals surface area contributed by atoms with Gasteiger partial charge in [-0.25, -0.2) is 0 Å². The molecule has 3 rings (SSSR count). The van der Waals surface area contributed by atoms with Crippen molar-refractivity contribution in [1.82, 2.24) is 5.32 Å². The van der Waals surface area contributed by atoms with Crippen molar-refractivity contribution in [2.45, 2.75) is 57.0 Å². The summed E-state index contributed by atoms with van der Waals surface area (Å²) in [5.41, 5.74) is 2.64. The monoisotopic (exact) mass is 287 g/mol. The number of nitrogens with one attached hydrogen (secondary N) is 1. The van der Waals surface area contributed by atoms with Crippen LogP contribution in [-0.4, -0.2) is 25.2 Å². The molecule has 2 heterocycles. The summed E-state index contributed by atoms with van der Waals surface area (Å²) >= 11 is 0. The topological polar surface area (TPSA) is 38.3 Å². The normalized spacial score (nSPS) is 31.4. The SMILES string of the molecule is COC(=O)[C@H]1[C@@H](c2ccc(C(C)C)cc2)C[C@@H]2CC[C@H]1N2. The van der Waals surface area contributed by atoms with Crippen molar-refractivity contribution in [2.75, 3.05) is 7.11 Å². The quantitative estimate of drug-likeness (QED) is 0.868. The van der Waals surface area contributed by atoms with Crippen LogP contribution in [0.25, 0.3) is 0 Å². The molecule has 3 nitrogen and oxygen atoms in total. The van der Waals surface area contributed by atoms with E-state index < -0.39 is 0 Å². The van der Waals surface area contributed by atoms with E-state index in [2.05, 4.69) is 43.4 Å². The molecule has 0 amide bonds. The smallest absolute Gasteiger partial charge is 0.310 e. The van der Waals surface area contributed by atoms with E-state index in [0.717, 1.165) is 12.8 Å². The van der Waals surface area contributed by atoms with Gasteiger partial charge >= 0.3 is 5.97 Å². The lowest BCUT2D eigenvalue weighted by molar-refractivity contribution is -0.148. The third-order valence-corrected chi connectivity index (χ3v) is 5.19. The zero-order valence-electron chi connectivity index (χ0n) is 13.1. The van der Waals surface area contributed by atoms with E-state index in [9.17, 15) is 4.79 Å². The number of piperidine rings is 1. The number of fused-ring (bicyclic) bond motifs is 2. The van der Waals surface area contributed by atoms with Crippen molar-refractivity contribution in [1.29, 1.82) is 0 Å². The fraction of sp³-hybridized carbons (Fsp3) is 0.611. The Kier molecular flexibility index (Phi) is 4.03. The first-order valence-electron chi connectivity index (χ1n) is 8.04. The summed E-state index contributed by atoms with van der Waals surface area (Å²) in [6.45, 7) is 4.41. The average molecular weight is 287 g/mol. The molecule has 2 bridgehead atoms. The largest absolute Gasteiger partial charge is 0.469 e. The van der Waals surface area contributed by atoms with Gasteiger partial charge in [0.25, 0.3) is 0 Å². The van der Waals surface area contributed by atoms with E-state index in [1.807, 2.05) is 0 Å². The van der Waals surface area contributed by atoms with Crippen molar-refractivity contribution in [3.63, 3.8) is 0 Å². The lowest BCUT2D eigenvalue weighted by atomic mass is 9.76. The Bertz CT molecular complexity index is 508. The lowest BCUT2D eigenvalue weighted by Crippen LogP contribution is -2.48. The van der Waals surface area contributed by atoms with Crippen LogP contribution in [0.5, 0.6) is 0 Å². The maximum atomic E-state index is 12.3. The van der Waals surface area contributed by atoms with Crippen molar-refractivity contribution in [3.8, 4) is 0 Å². The summed E-state index contributed by atoms with van der Waals surface area (Å²) in [5.74, 6) is 0.724. The number of benzene rings is 1. The molecule has 4 atom stereocenters. The zero-order valence-corrected chi connectivity index (χ0v) is 13.1. The molecule has 3 heteroatoms. The van der Waals surface area contributed by atoms with E-state index in [4.69, 9.17) is 4.74 Å². The highest BCUT2D eigenvalue weighted by molar-refractivity contribution is 5.75. The Morgan fingerprint density at radius 3 is 2.57 bits per heavy atom. The van der Waals surface area contributed by atoms with Gasteiger partial charge in [-0.1, -0.05) is 38.1 Å². The second-order valence-corrected chi connectivity index (χ2v) is 6.76. The molecule has 1 aromatic rings. The van der Waals surface area contributed by atoms with Crippen LogP contribution in [-0.2, 0) is 9.53 Å². The van der Waals surface area contributed by atoms with Gasteiger partial charge in [-0.05, 0) is 36.3 Å². The second kappa shape index (κ2) is 5.80. The number of ether oxygens (including phenoxy) is 1. The highest BCUT2D eigenvalue weighted by Gasteiger charge is 2.46. The van der Waals surface area contributed by atoms with Gasteiger partial charge in [-0.15, -0.1) is 0 Å². The van der Waals surface area contributed by atoms with Crippen LogP contribution in [0.3, 0.4) is 0 Å². The first kappa shape index (κ1) is 14.6. The molecule has 0 spiro atoms. The van der Waals surface area contributed by atoms with Crippen molar-refractivity contribution >= 4 is 5.97 Å². The fourth-order valence-electron chi connectivity index (χ4n) is 3.99. The van der Waals surface area contributed by atoms with Crippen LogP contribution in [0.15, 0.2) is 24.3 Å². The summed E-state index contributed by atoms with van der Waals surface area (Å²) in [7, 11) is 1.50. The molecule has 2 fully saturated rings. The van der Waals surface area contributed by atoms with Gasteiger partial charge in [0, 0.05) is 18.0 Å². The van der Waals surface area contributed by atoms with Crippen molar-refractivity contribution in [2.24, 2.45) is 5.92 Å². The fourth-order valence-corrected chi connectivity index (χ4v) is 3.99. The molecular weight excluding hydrogens is 262 g/mol. The zero-order chi connectivity index (χ0) is 15.0. The van der Waals surface area contributed by atoms with Crippen molar-refractivity contribution < 1.29 is 9.53 Å². The second-order valence-electron chi connectivity index (χ2n) is 6.76. The summed E-state index contributed by atoms with van der Waals surface area (Å²) in [4.78, 5) is 12.3. The third kappa shape index (κ3) is 2.71. The lowest BCUT2D eigenvalue weighted by Gasteiger charge is -2.36. The van der Waals surface area contributed by atoms with Crippen LogP contribution in [0.4, 0.5) is 0 Å². The molecule has 2 saturated heterocycles. The predicted molar refractivity (Wildman–Crippen MR) is 83.3 cm³/mol. The molecule has 1 N–H and O–H groups in total. The number of carbonyl (C=O) groups is 1. The number of hydrogen-bond acceptors (Lipinski definition) is 3. The van der Waals surface area contributed by atoms with Gasteiger partial charge in [0.15, 0.2) is 0 Å². The standard InChI is InChI=1S/C18H25NO2/c1-11(2)12-4-6-13(7-5-12)15-10-14-8-9-16(19-14)17(15)18(20)21-3/h4-7,11,14-17,19H,8-10H2,1-3H3/t14-,15+,16+,17-/m0/s1. The maximum Gasteiger partial charge on any atom is 0.310 e. The number of rotatable bonds is 3. The third-order valence-electron chi connectivity index (χ3n) is 5.19. The van der Waals surface area contributed by atoms with Gasteiger partial charge in [0.2, 0.25) is 0 Å². The number of methoxy groups -OCH3 is 1. The summed E-state index contributed by atoms with van der Waals surface area (Å²) < 4.78 is 5.08. The van der Waals surface area contributed by atoms with E-state index >= 15 is 0 Å². The first-order chi connectivity index (χ1) is 10.1. The first-order valence-corrected chi connectivity index (χ1v) is 8.04. The molecule has 114 valence electrons.